The molecular weight excluding hydrogens is 266 g/mol. The summed E-state index contributed by atoms with van der Waals surface area (Å²) in [6.45, 7) is 4.27. The number of rotatable bonds is 5. The molecule has 0 amide bonds. The van der Waals surface area contributed by atoms with E-state index in [9.17, 15) is 8.78 Å². The minimum atomic E-state index is -0.153. The van der Waals surface area contributed by atoms with Crippen molar-refractivity contribution in [2.45, 2.75) is 46.0 Å². The van der Waals surface area contributed by atoms with Gasteiger partial charge in [-0.1, -0.05) is 51.0 Å². The molecule has 0 saturated heterocycles. The van der Waals surface area contributed by atoms with Gasteiger partial charge in [-0.25, -0.2) is 8.78 Å². The zero-order valence-corrected chi connectivity index (χ0v) is 12.9. The second-order valence-electron chi connectivity index (χ2n) is 5.11. The highest BCUT2D eigenvalue weighted by atomic mass is 19.1. The van der Waals surface area contributed by atoms with Gasteiger partial charge in [0.15, 0.2) is 0 Å². The minimum Gasteiger partial charge on any atom is -0.207 e. The van der Waals surface area contributed by atoms with E-state index in [4.69, 9.17) is 0 Å². The van der Waals surface area contributed by atoms with Gasteiger partial charge < -0.3 is 0 Å². The van der Waals surface area contributed by atoms with Crippen LogP contribution in [0.1, 0.15) is 44.2 Å². The topological polar surface area (TPSA) is 0 Å². The maximum atomic E-state index is 12.4. The predicted octanol–water partition coefficient (Wildman–Crippen LogP) is 5.95. The lowest BCUT2D eigenvalue weighted by Crippen LogP contribution is -1.83. The molecule has 0 aromatic heterocycles. The van der Waals surface area contributed by atoms with Crippen molar-refractivity contribution in [3.8, 4) is 0 Å². The van der Waals surface area contributed by atoms with Gasteiger partial charge in [0.2, 0.25) is 0 Å². The van der Waals surface area contributed by atoms with Gasteiger partial charge in [0, 0.05) is 0 Å². The second-order valence-corrected chi connectivity index (χ2v) is 5.11. The lowest BCUT2D eigenvalue weighted by Gasteiger charge is -1.97. The van der Waals surface area contributed by atoms with E-state index in [1.165, 1.54) is 48.2 Å². The summed E-state index contributed by atoms with van der Waals surface area (Å²) in [4.78, 5) is 0. The first kappa shape index (κ1) is 17.4. The Hall–Kier alpha value is -1.70. The molecule has 0 heterocycles. The molecule has 0 aliphatic rings. The van der Waals surface area contributed by atoms with Crippen molar-refractivity contribution >= 4 is 0 Å². The molecule has 0 spiro atoms. The fourth-order valence-electron chi connectivity index (χ4n) is 1.97. The summed E-state index contributed by atoms with van der Waals surface area (Å²) in [7, 11) is 0. The average molecular weight is 290 g/mol. The molecule has 0 atom stereocenters. The highest BCUT2D eigenvalue weighted by molar-refractivity contribution is 5.16. The molecular formula is C19H24F2. The lowest BCUT2D eigenvalue weighted by atomic mass is 10.1. The summed E-state index contributed by atoms with van der Waals surface area (Å²) in [6, 6.07) is 13.4. The quantitative estimate of drug-likeness (QED) is 0.638. The van der Waals surface area contributed by atoms with Crippen LogP contribution in [-0.4, -0.2) is 0 Å². The third kappa shape index (κ3) is 7.60. The summed E-state index contributed by atoms with van der Waals surface area (Å²) in [5, 5.41) is 0. The molecule has 2 rings (SSSR count). The number of halogens is 2. The monoisotopic (exact) mass is 290 g/mol. The Balaban J connectivity index is 0.000000211. The van der Waals surface area contributed by atoms with Gasteiger partial charge in [0.1, 0.15) is 11.6 Å². The van der Waals surface area contributed by atoms with Crippen LogP contribution in [0.15, 0.2) is 48.5 Å². The van der Waals surface area contributed by atoms with Gasteiger partial charge >= 0.3 is 0 Å². The number of hydrogen-bond acceptors (Lipinski definition) is 0. The summed E-state index contributed by atoms with van der Waals surface area (Å²) >= 11 is 0. The summed E-state index contributed by atoms with van der Waals surface area (Å²) in [5.74, 6) is -0.301. The molecule has 2 aromatic rings. The van der Waals surface area contributed by atoms with E-state index >= 15 is 0 Å². The van der Waals surface area contributed by atoms with Crippen LogP contribution in [-0.2, 0) is 12.8 Å². The first-order valence-electron chi connectivity index (χ1n) is 7.64. The summed E-state index contributed by atoms with van der Waals surface area (Å²) < 4.78 is 24.7. The van der Waals surface area contributed by atoms with Crippen molar-refractivity contribution in [3.05, 3.63) is 71.3 Å². The van der Waals surface area contributed by atoms with Crippen molar-refractivity contribution in [2.24, 2.45) is 0 Å². The molecule has 0 fully saturated rings. The number of unbranched alkanes of at least 4 members (excludes halogenated alkanes) is 1. The zero-order chi connectivity index (χ0) is 15.5. The zero-order valence-electron chi connectivity index (χ0n) is 12.9. The van der Waals surface area contributed by atoms with Gasteiger partial charge in [-0.3, -0.25) is 0 Å². The van der Waals surface area contributed by atoms with Crippen molar-refractivity contribution in [2.75, 3.05) is 0 Å². The van der Waals surface area contributed by atoms with E-state index in [1.54, 1.807) is 0 Å². The molecule has 0 saturated carbocycles. The van der Waals surface area contributed by atoms with E-state index in [2.05, 4.69) is 13.8 Å². The van der Waals surface area contributed by atoms with E-state index in [0.29, 0.717) is 0 Å². The van der Waals surface area contributed by atoms with Crippen LogP contribution in [0.5, 0.6) is 0 Å². The first-order chi connectivity index (χ1) is 10.2. The largest absolute Gasteiger partial charge is 0.207 e. The van der Waals surface area contributed by atoms with Gasteiger partial charge in [-0.05, 0) is 54.7 Å². The highest BCUT2D eigenvalue weighted by Crippen LogP contribution is 2.06. The summed E-state index contributed by atoms with van der Waals surface area (Å²) in [6.07, 6.45) is 5.60. The molecule has 2 heteroatoms. The Morgan fingerprint density at radius 1 is 0.619 bits per heavy atom. The molecule has 0 radical (unpaired) electrons. The predicted molar refractivity (Wildman–Crippen MR) is 85.4 cm³/mol. The fourth-order valence-corrected chi connectivity index (χ4v) is 1.97. The Bertz CT molecular complexity index is 486. The highest BCUT2D eigenvalue weighted by Gasteiger charge is 1.92. The average Bonchev–Trinajstić information content (AvgIpc) is 2.50. The van der Waals surface area contributed by atoms with Gasteiger partial charge in [0.25, 0.3) is 0 Å². The van der Waals surface area contributed by atoms with E-state index in [1.807, 2.05) is 24.3 Å². The molecule has 0 aliphatic heterocycles. The molecule has 0 unspecified atom stereocenters. The van der Waals surface area contributed by atoms with Gasteiger partial charge in [0.05, 0.1) is 0 Å². The Morgan fingerprint density at radius 2 is 1.05 bits per heavy atom. The van der Waals surface area contributed by atoms with E-state index in [-0.39, 0.29) is 11.6 Å². The van der Waals surface area contributed by atoms with Gasteiger partial charge in [-0.2, -0.15) is 0 Å². The second kappa shape index (κ2) is 10.1. The van der Waals surface area contributed by atoms with Crippen molar-refractivity contribution < 1.29 is 8.78 Å². The Labute approximate surface area is 126 Å². The summed E-state index contributed by atoms with van der Waals surface area (Å²) in [5.41, 5.74) is 2.44. The van der Waals surface area contributed by atoms with Crippen LogP contribution >= 0.6 is 0 Å². The molecule has 0 bridgehead atoms. The SMILES string of the molecule is CCCCc1ccc(F)cc1.CCCc1ccc(F)cc1. The van der Waals surface area contributed by atoms with Crippen LogP contribution in [0.3, 0.4) is 0 Å². The number of aryl methyl sites for hydroxylation is 2. The van der Waals surface area contributed by atoms with Crippen molar-refractivity contribution in [1.29, 1.82) is 0 Å². The van der Waals surface area contributed by atoms with Crippen LogP contribution < -0.4 is 0 Å². The van der Waals surface area contributed by atoms with Crippen LogP contribution in [0.4, 0.5) is 8.78 Å². The van der Waals surface area contributed by atoms with Crippen molar-refractivity contribution in [3.63, 3.8) is 0 Å². The Morgan fingerprint density at radius 3 is 1.43 bits per heavy atom. The molecule has 21 heavy (non-hydrogen) atoms. The standard InChI is InChI=1S/C10H13F.C9H11F/c1-2-3-4-9-5-7-10(11)8-6-9;1-2-3-8-4-6-9(10)7-5-8/h5-8H,2-4H2,1H3;4-7H,2-3H2,1H3. The first-order valence-corrected chi connectivity index (χ1v) is 7.64. The van der Waals surface area contributed by atoms with E-state index < -0.39 is 0 Å². The van der Waals surface area contributed by atoms with E-state index in [0.717, 1.165) is 19.3 Å². The number of benzene rings is 2. The molecule has 2 aromatic carbocycles. The smallest absolute Gasteiger partial charge is 0.123 e. The van der Waals surface area contributed by atoms with Crippen molar-refractivity contribution in [1.82, 2.24) is 0 Å². The normalized spacial score (nSPS) is 9.90. The Kier molecular flexibility index (Phi) is 8.34. The maximum Gasteiger partial charge on any atom is 0.123 e. The minimum absolute atomic E-state index is 0.148. The third-order valence-corrected chi connectivity index (χ3v) is 3.18. The van der Waals surface area contributed by atoms with Crippen LogP contribution in [0, 0.1) is 11.6 Å². The van der Waals surface area contributed by atoms with Crippen LogP contribution in [0.25, 0.3) is 0 Å². The third-order valence-electron chi connectivity index (χ3n) is 3.18. The maximum absolute atomic E-state index is 12.4. The van der Waals surface area contributed by atoms with Crippen LogP contribution in [0.2, 0.25) is 0 Å². The molecule has 0 aliphatic carbocycles. The lowest BCUT2D eigenvalue weighted by molar-refractivity contribution is 0.626. The fraction of sp³-hybridized carbons (Fsp3) is 0.368. The molecule has 0 nitrogen and oxygen atoms in total. The molecule has 0 N–H and O–H groups in total. The van der Waals surface area contributed by atoms with Gasteiger partial charge in [-0.15, -0.1) is 0 Å². The molecule has 114 valence electrons. The number of hydrogen-bond donors (Lipinski definition) is 0.